The monoisotopic (exact) mass is 389 g/mol. The Balaban J connectivity index is 2.21. The largest absolute Gasteiger partial charge is 0.348 e. The molecule has 0 aromatic heterocycles. The highest BCUT2D eigenvalue weighted by atomic mass is 32.2. The van der Waals surface area contributed by atoms with Crippen LogP contribution in [0.3, 0.4) is 0 Å². The van der Waals surface area contributed by atoms with Gasteiger partial charge in [-0.05, 0) is 44.0 Å². The minimum Gasteiger partial charge on any atom is -0.348 e. The molecule has 0 aliphatic heterocycles. The van der Waals surface area contributed by atoms with E-state index >= 15 is 0 Å². The van der Waals surface area contributed by atoms with Crippen molar-refractivity contribution in [3.63, 3.8) is 0 Å². The SMILES string of the molecule is Cc1ccc(C(C)NC(=O)CN(c2ccccc2)S(=O)(=O)N(C)C)c(C)c1. The highest BCUT2D eigenvalue weighted by Crippen LogP contribution is 2.21. The van der Waals surface area contributed by atoms with Gasteiger partial charge in [-0.2, -0.15) is 12.7 Å². The minimum absolute atomic E-state index is 0.224. The van der Waals surface area contributed by atoms with Crippen LogP contribution in [-0.2, 0) is 15.0 Å². The fraction of sp³-hybridized carbons (Fsp3) is 0.350. The molecule has 0 aliphatic rings. The first kappa shape index (κ1) is 20.9. The number of nitrogens with zero attached hydrogens (tertiary/aromatic N) is 2. The first-order chi connectivity index (χ1) is 12.6. The highest BCUT2D eigenvalue weighted by molar-refractivity contribution is 7.90. The number of anilines is 1. The lowest BCUT2D eigenvalue weighted by molar-refractivity contribution is -0.120. The van der Waals surface area contributed by atoms with Crippen LogP contribution in [-0.4, -0.2) is 39.3 Å². The summed E-state index contributed by atoms with van der Waals surface area (Å²) in [4.78, 5) is 12.6. The van der Waals surface area contributed by atoms with Crippen molar-refractivity contribution in [2.75, 3.05) is 24.9 Å². The lowest BCUT2D eigenvalue weighted by Crippen LogP contribution is -2.46. The Hall–Kier alpha value is -2.38. The van der Waals surface area contributed by atoms with Crippen molar-refractivity contribution >= 4 is 21.8 Å². The second-order valence-corrected chi connectivity index (χ2v) is 8.85. The normalized spacial score (nSPS) is 12.7. The van der Waals surface area contributed by atoms with Crippen molar-refractivity contribution in [2.24, 2.45) is 0 Å². The summed E-state index contributed by atoms with van der Waals surface area (Å²) in [5, 5.41) is 2.90. The van der Waals surface area contributed by atoms with Gasteiger partial charge in [-0.1, -0.05) is 42.0 Å². The van der Waals surface area contributed by atoms with Crippen molar-refractivity contribution in [1.82, 2.24) is 9.62 Å². The maximum atomic E-state index is 12.7. The molecule has 2 aromatic rings. The van der Waals surface area contributed by atoms with Crippen LogP contribution in [0.5, 0.6) is 0 Å². The molecular formula is C20H27N3O3S. The van der Waals surface area contributed by atoms with Gasteiger partial charge in [0.05, 0.1) is 11.7 Å². The van der Waals surface area contributed by atoms with Gasteiger partial charge < -0.3 is 5.32 Å². The zero-order chi connectivity index (χ0) is 20.2. The summed E-state index contributed by atoms with van der Waals surface area (Å²) in [6.45, 7) is 5.62. The summed E-state index contributed by atoms with van der Waals surface area (Å²) in [7, 11) is -0.904. The van der Waals surface area contributed by atoms with Crippen LogP contribution in [0.25, 0.3) is 0 Å². The van der Waals surface area contributed by atoms with E-state index in [2.05, 4.69) is 11.4 Å². The Morgan fingerprint density at radius 2 is 1.70 bits per heavy atom. The van der Waals surface area contributed by atoms with Gasteiger partial charge in [0.15, 0.2) is 0 Å². The Kier molecular flexibility index (Phi) is 6.62. The molecule has 2 aromatic carbocycles. The highest BCUT2D eigenvalue weighted by Gasteiger charge is 2.27. The summed E-state index contributed by atoms with van der Waals surface area (Å²) < 4.78 is 27.6. The van der Waals surface area contributed by atoms with Gasteiger partial charge in [0.25, 0.3) is 0 Å². The van der Waals surface area contributed by atoms with Gasteiger partial charge in [-0.15, -0.1) is 0 Å². The van der Waals surface area contributed by atoms with Gasteiger partial charge in [-0.3, -0.25) is 4.79 Å². The van der Waals surface area contributed by atoms with E-state index in [-0.39, 0.29) is 18.5 Å². The molecule has 0 heterocycles. The lowest BCUT2D eigenvalue weighted by atomic mass is 10.0. The van der Waals surface area contributed by atoms with Crippen molar-refractivity contribution in [3.05, 3.63) is 65.2 Å². The number of benzene rings is 2. The van der Waals surface area contributed by atoms with Crippen LogP contribution < -0.4 is 9.62 Å². The predicted octanol–water partition coefficient (Wildman–Crippen LogP) is 2.79. The van der Waals surface area contributed by atoms with Crippen molar-refractivity contribution in [2.45, 2.75) is 26.8 Å². The summed E-state index contributed by atoms with van der Waals surface area (Å²) in [6.07, 6.45) is 0. The fourth-order valence-electron chi connectivity index (χ4n) is 2.90. The molecule has 0 spiro atoms. The summed E-state index contributed by atoms with van der Waals surface area (Å²) in [6, 6.07) is 14.4. The average molecular weight is 390 g/mol. The molecule has 1 amide bonds. The van der Waals surface area contributed by atoms with E-state index < -0.39 is 10.2 Å². The Labute approximate surface area is 162 Å². The first-order valence-corrected chi connectivity index (χ1v) is 10.1. The van der Waals surface area contributed by atoms with Gasteiger partial charge in [0.1, 0.15) is 6.54 Å². The lowest BCUT2D eigenvalue weighted by Gasteiger charge is -2.27. The Morgan fingerprint density at radius 1 is 1.07 bits per heavy atom. The van der Waals surface area contributed by atoms with E-state index in [4.69, 9.17) is 0 Å². The number of amides is 1. The molecule has 0 aliphatic carbocycles. The number of aryl methyl sites for hydroxylation is 2. The van der Waals surface area contributed by atoms with Gasteiger partial charge in [0.2, 0.25) is 5.91 Å². The quantitative estimate of drug-likeness (QED) is 0.792. The number of hydrogen-bond donors (Lipinski definition) is 1. The smallest absolute Gasteiger partial charge is 0.304 e. The third-order valence-corrected chi connectivity index (χ3v) is 6.16. The first-order valence-electron chi connectivity index (χ1n) is 8.74. The maximum absolute atomic E-state index is 12.7. The molecule has 1 unspecified atom stereocenters. The molecule has 0 saturated carbocycles. The molecular weight excluding hydrogens is 362 g/mol. The Bertz CT molecular complexity index is 896. The predicted molar refractivity (Wildman–Crippen MR) is 109 cm³/mol. The van der Waals surface area contributed by atoms with E-state index in [1.54, 1.807) is 30.3 Å². The zero-order valence-electron chi connectivity index (χ0n) is 16.4. The zero-order valence-corrected chi connectivity index (χ0v) is 17.2. The van der Waals surface area contributed by atoms with E-state index in [9.17, 15) is 13.2 Å². The molecule has 1 atom stereocenters. The van der Waals surface area contributed by atoms with E-state index in [0.717, 1.165) is 25.3 Å². The van der Waals surface area contributed by atoms with Crippen LogP contribution >= 0.6 is 0 Å². The number of rotatable bonds is 7. The molecule has 0 radical (unpaired) electrons. The second-order valence-electron chi connectivity index (χ2n) is 6.78. The van der Waals surface area contributed by atoms with Crippen LogP contribution in [0, 0.1) is 13.8 Å². The average Bonchev–Trinajstić information content (AvgIpc) is 2.60. The summed E-state index contributed by atoms with van der Waals surface area (Å²) in [5.74, 6) is -0.364. The fourth-order valence-corrected chi connectivity index (χ4v) is 3.97. The molecule has 7 heteroatoms. The number of nitrogens with one attached hydrogen (secondary N) is 1. The van der Waals surface area contributed by atoms with E-state index in [1.165, 1.54) is 14.1 Å². The maximum Gasteiger partial charge on any atom is 0.304 e. The molecule has 0 fully saturated rings. The van der Waals surface area contributed by atoms with Crippen molar-refractivity contribution in [1.29, 1.82) is 0 Å². The molecule has 2 rings (SSSR count). The van der Waals surface area contributed by atoms with Crippen molar-refractivity contribution < 1.29 is 13.2 Å². The second kappa shape index (κ2) is 8.54. The van der Waals surface area contributed by atoms with Crippen LogP contribution in [0.2, 0.25) is 0 Å². The molecule has 6 nitrogen and oxygen atoms in total. The standard InChI is InChI=1S/C20H27N3O3S/c1-15-11-12-19(16(2)13-15)17(3)21-20(24)14-23(27(25,26)22(4)5)18-9-7-6-8-10-18/h6-13,17H,14H2,1-5H3,(H,21,24). The third kappa shape index (κ3) is 5.08. The molecule has 146 valence electrons. The number of carbonyl (C=O) groups is 1. The number of hydrogen-bond acceptors (Lipinski definition) is 3. The van der Waals surface area contributed by atoms with Gasteiger partial charge in [0, 0.05) is 14.1 Å². The van der Waals surface area contributed by atoms with E-state index in [1.807, 2.05) is 32.9 Å². The topological polar surface area (TPSA) is 69.7 Å². The molecule has 0 saturated heterocycles. The number of carbonyl (C=O) groups excluding carboxylic acids is 1. The minimum atomic E-state index is -3.80. The molecule has 0 bridgehead atoms. The number of para-hydroxylation sites is 1. The summed E-state index contributed by atoms with van der Waals surface area (Å²) >= 11 is 0. The van der Waals surface area contributed by atoms with E-state index in [0.29, 0.717) is 5.69 Å². The van der Waals surface area contributed by atoms with Gasteiger partial charge >= 0.3 is 10.2 Å². The molecule has 1 N–H and O–H groups in total. The third-order valence-electron chi connectivity index (χ3n) is 4.34. The van der Waals surface area contributed by atoms with Crippen molar-refractivity contribution in [3.8, 4) is 0 Å². The van der Waals surface area contributed by atoms with Crippen LogP contribution in [0.4, 0.5) is 5.69 Å². The Morgan fingerprint density at radius 3 is 2.26 bits per heavy atom. The van der Waals surface area contributed by atoms with Gasteiger partial charge in [-0.25, -0.2) is 4.31 Å². The molecule has 27 heavy (non-hydrogen) atoms. The van der Waals surface area contributed by atoms with Crippen LogP contribution in [0.1, 0.15) is 29.7 Å². The van der Waals surface area contributed by atoms with Crippen LogP contribution in [0.15, 0.2) is 48.5 Å². The summed E-state index contributed by atoms with van der Waals surface area (Å²) in [5.41, 5.74) is 3.70.